The molecule has 0 aliphatic carbocycles. The lowest BCUT2D eigenvalue weighted by molar-refractivity contribution is 0.141. The molecular weight excluding hydrogens is 625 g/mol. The Hall–Kier alpha value is -4.94. The Labute approximate surface area is 270 Å². The van der Waals surface area contributed by atoms with Crippen LogP contribution in [0.4, 0.5) is 10.5 Å². The number of para-hydroxylation sites is 1. The fourth-order valence-electron chi connectivity index (χ4n) is 5.57. The Kier molecular flexibility index (Phi) is 8.65. The van der Waals surface area contributed by atoms with Crippen molar-refractivity contribution >= 4 is 55.5 Å². The van der Waals surface area contributed by atoms with Crippen LogP contribution in [0.1, 0.15) is 30.9 Å². The average Bonchev–Trinajstić information content (AvgIpc) is 3.63. The SMILES string of the molecule is CCCCN(c1ccc2c(c1)c(-c1ccc3nsnc3c1)c(OC(=O)O)n2Cc1ccccc1OC)S(=O)(=O)c1ccc(C)cc1. The van der Waals surface area contributed by atoms with Crippen LogP contribution in [-0.4, -0.2) is 46.6 Å². The monoisotopic (exact) mass is 656 g/mol. The predicted molar refractivity (Wildman–Crippen MR) is 180 cm³/mol. The molecule has 2 aromatic heterocycles. The standard InChI is InChI=1S/C34H32N4O6S2/c1-4-5-18-38(46(41,42)26-14-10-22(2)11-15-26)25-13-17-30-27(20-25)32(23-12-16-28-29(19-23)36-45-35-28)33(44-34(39)40)37(30)21-24-8-6-7-9-31(24)43-3/h6-17,19-20H,4-5,18,21H2,1-3H3,(H,39,40). The molecule has 0 aliphatic heterocycles. The van der Waals surface area contributed by atoms with Crippen LogP contribution < -0.4 is 13.8 Å². The van der Waals surface area contributed by atoms with Crippen molar-refractivity contribution < 1.29 is 27.8 Å². The lowest BCUT2D eigenvalue weighted by atomic mass is 10.0. The molecule has 236 valence electrons. The summed E-state index contributed by atoms with van der Waals surface area (Å²) in [5, 5.41) is 10.5. The molecule has 46 heavy (non-hydrogen) atoms. The number of fused-ring (bicyclic) bond motifs is 2. The van der Waals surface area contributed by atoms with Crippen molar-refractivity contribution in [2.75, 3.05) is 18.0 Å². The van der Waals surface area contributed by atoms with E-state index in [9.17, 15) is 18.3 Å². The molecule has 10 nitrogen and oxygen atoms in total. The molecule has 0 radical (unpaired) electrons. The summed E-state index contributed by atoms with van der Waals surface area (Å²) in [6.45, 7) is 4.41. The van der Waals surface area contributed by atoms with Gasteiger partial charge in [0.2, 0.25) is 5.88 Å². The molecule has 0 aliphatic rings. The van der Waals surface area contributed by atoms with E-state index in [0.717, 1.165) is 29.3 Å². The fraction of sp³-hybridized carbons (Fsp3) is 0.206. The van der Waals surface area contributed by atoms with E-state index in [4.69, 9.17) is 9.47 Å². The number of methoxy groups -OCH3 is 1. The van der Waals surface area contributed by atoms with Gasteiger partial charge in [-0.2, -0.15) is 8.75 Å². The molecule has 0 amide bonds. The molecule has 0 fully saturated rings. The molecule has 4 aromatic carbocycles. The molecule has 12 heteroatoms. The molecule has 1 N–H and O–H groups in total. The maximum absolute atomic E-state index is 14.1. The number of sulfonamides is 1. The van der Waals surface area contributed by atoms with Crippen LogP contribution in [0.15, 0.2) is 89.8 Å². The number of ether oxygens (including phenoxy) is 2. The summed E-state index contributed by atoms with van der Waals surface area (Å²) in [5.74, 6) is 0.725. The molecule has 0 bridgehead atoms. The zero-order valence-electron chi connectivity index (χ0n) is 25.5. The van der Waals surface area contributed by atoms with Crippen molar-refractivity contribution in [3.63, 3.8) is 0 Å². The molecule has 2 heterocycles. The minimum Gasteiger partial charge on any atom is -0.496 e. The van der Waals surface area contributed by atoms with Crippen LogP contribution in [0.25, 0.3) is 33.1 Å². The normalized spacial score (nSPS) is 11.6. The number of aryl methyl sites for hydroxylation is 1. The third-order valence-electron chi connectivity index (χ3n) is 7.86. The Morgan fingerprint density at radius 2 is 1.74 bits per heavy atom. The molecule has 0 spiro atoms. The van der Waals surface area contributed by atoms with Gasteiger partial charge in [0.15, 0.2) is 0 Å². The van der Waals surface area contributed by atoms with E-state index >= 15 is 0 Å². The van der Waals surface area contributed by atoms with E-state index in [-0.39, 0.29) is 23.9 Å². The van der Waals surface area contributed by atoms with Crippen molar-refractivity contribution in [2.24, 2.45) is 0 Å². The van der Waals surface area contributed by atoms with Crippen LogP contribution in [0.3, 0.4) is 0 Å². The van der Waals surface area contributed by atoms with Gasteiger partial charge in [0.25, 0.3) is 10.0 Å². The first kappa shape index (κ1) is 31.1. The highest BCUT2D eigenvalue weighted by Gasteiger charge is 2.28. The number of anilines is 1. The van der Waals surface area contributed by atoms with Crippen molar-refractivity contribution in [3.05, 3.63) is 96.1 Å². The van der Waals surface area contributed by atoms with Crippen molar-refractivity contribution in [1.29, 1.82) is 0 Å². The number of carbonyl (C=O) groups is 1. The van der Waals surface area contributed by atoms with E-state index in [1.165, 1.54) is 4.31 Å². The van der Waals surface area contributed by atoms with Gasteiger partial charge in [0.05, 0.1) is 47.0 Å². The van der Waals surface area contributed by atoms with E-state index in [1.807, 2.05) is 62.4 Å². The van der Waals surface area contributed by atoms with Crippen LogP contribution in [0, 0.1) is 6.92 Å². The van der Waals surface area contributed by atoms with Gasteiger partial charge in [-0.05, 0) is 67.4 Å². The second kappa shape index (κ2) is 12.8. The number of aromatic nitrogens is 3. The lowest BCUT2D eigenvalue weighted by Crippen LogP contribution is -2.32. The van der Waals surface area contributed by atoms with Gasteiger partial charge >= 0.3 is 6.16 Å². The Morgan fingerprint density at radius 1 is 0.978 bits per heavy atom. The molecule has 6 rings (SSSR count). The number of nitrogens with zero attached hydrogens (tertiary/aromatic N) is 4. The highest BCUT2D eigenvalue weighted by atomic mass is 32.2. The Morgan fingerprint density at radius 3 is 2.48 bits per heavy atom. The fourth-order valence-corrected chi connectivity index (χ4v) is 7.58. The Balaban J connectivity index is 1.62. The minimum atomic E-state index is -3.92. The maximum Gasteiger partial charge on any atom is 0.512 e. The number of hydrogen-bond acceptors (Lipinski definition) is 8. The van der Waals surface area contributed by atoms with Crippen molar-refractivity contribution in [2.45, 2.75) is 38.1 Å². The van der Waals surface area contributed by atoms with E-state index < -0.39 is 16.2 Å². The molecule has 0 unspecified atom stereocenters. The number of unbranched alkanes of at least 4 members (excludes halogenated alkanes) is 1. The predicted octanol–water partition coefficient (Wildman–Crippen LogP) is 7.73. The van der Waals surface area contributed by atoms with E-state index in [2.05, 4.69) is 8.75 Å². The van der Waals surface area contributed by atoms with Gasteiger partial charge in [-0.1, -0.05) is 55.3 Å². The molecule has 0 atom stereocenters. The largest absolute Gasteiger partial charge is 0.512 e. The Bertz CT molecular complexity index is 2160. The van der Waals surface area contributed by atoms with Crippen LogP contribution in [0.2, 0.25) is 0 Å². The third kappa shape index (κ3) is 5.88. The van der Waals surface area contributed by atoms with Crippen LogP contribution in [0.5, 0.6) is 11.6 Å². The first-order valence-corrected chi connectivity index (χ1v) is 16.9. The molecule has 0 saturated carbocycles. The topological polar surface area (TPSA) is 124 Å². The third-order valence-corrected chi connectivity index (χ3v) is 10.3. The minimum absolute atomic E-state index is 0.0922. The zero-order valence-corrected chi connectivity index (χ0v) is 27.1. The van der Waals surface area contributed by atoms with E-state index in [0.29, 0.717) is 50.9 Å². The quantitative estimate of drug-likeness (QED) is 0.141. The summed E-state index contributed by atoms with van der Waals surface area (Å²) < 4.78 is 51.2. The smallest absolute Gasteiger partial charge is 0.496 e. The number of benzene rings is 4. The summed E-state index contributed by atoms with van der Waals surface area (Å²) >= 11 is 1.08. The van der Waals surface area contributed by atoms with E-state index in [1.54, 1.807) is 48.1 Å². The summed E-state index contributed by atoms with van der Waals surface area (Å²) in [6.07, 6.45) is -0.0411. The highest BCUT2D eigenvalue weighted by molar-refractivity contribution is 7.92. The van der Waals surface area contributed by atoms with Crippen LogP contribution in [-0.2, 0) is 16.6 Å². The van der Waals surface area contributed by atoms with Crippen molar-refractivity contribution in [1.82, 2.24) is 13.3 Å². The zero-order chi connectivity index (χ0) is 32.4. The van der Waals surface area contributed by atoms with Gasteiger partial charge in [-0.3, -0.25) is 4.31 Å². The second-order valence-corrected chi connectivity index (χ2v) is 13.2. The van der Waals surface area contributed by atoms with Crippen LogP contribution >= 0.6 is 11.7 Å². The average molecular weight is 657 g/mol. The lowest BCUT2D eigenvalue weighted by Gasteiger charge is -2.25. The van der Waals surface area contributed by atoms with Gasteiger partial charge in [-0.25, -0.2) is 13.2 Å². The summed E-state index contributed by atoms with van der Waals surface area (Å²) in [7, 11) is -2.34. The second-order valence-electron chi connectivity index (χ2n) is 10.9. The van der Waals surface area contributed by atoms with Crippen molar-refractivity contribution in [3.8, 4) is 22.8 Å². The summed E-state index contributed by atoms with van der Waals surface area (Å²) in [5.41, 5.74) is 5.38. The number of hydrogen-bond donors (Lipinski definition) is 1. The summed E-state index contributed by atoms with van der Waals surface area (Å²) in [6, 6.07) is 25.1. The van der Waals surface area contributed by atoms with Gasteiger partial charge < -0.3 is 19.1 Å². The summed E-state index contributed by atoms with van der Waals surface area (Å²) in [4.78, 5) is 12.4. The highest BCUT2D eigenvalue weighted by Crippen LogP contribution is 2.44. The number of carboxylic acid groups (broad SMARTS) is 1. The van der Waals surface area contributed by atoms with Gasteiger partial charge in [0.1, 0.15) is 16.8 Å². The molecular formula is C34H32N4O6S2. The number of rotatable bonds is 11. The van der Waals surface area contributed by atoms with Gasteiger partial charge in [0, 0.05) is 17.5 Å². The van der Waals surface area contributed by atoms with Gasteiger partial charge in [-0.15, -0.1) is 0 Å². The first-order chi connectivity index (χ1) is 22.2. The first-order valence-electron chi connectivity index (χ1n) is 14.7. The molecule has 6 aromatic rings. The maximum atomic E-state index is 14.1. The molecule has 0 saturated heterocycles.